The molecule has 23 heavy (non-hydrogen) atoms. The molecule has 2 rings (SSSR count). The molecule has 2 heterocycles. The molecule has 0 N–H and O–H groups in total. The summed E-state index contributed by atoms with van der Waals surface area (Å²) in [5.74, 6) is -1.18. The van der Waals surface area contributed by atoms with Crippen molar-refractivity contribution in [2.45, 2.75) is 32.9 Å². The van der Waals surface area contributed by atoms with Crippen molar-refractivity contribution in [2.24, 2.45) is 0 Å². The second-order valence-electron chi connectivity index (χ2n) is 5.19. The number of amides is 1. The van der Waals surface area contributed by atoms with E-state index in [4.69, 9.17) is 4.52 Å². The number of hydrogen-bond donors (Lipinski definition) is 0. The van der Waals surface area contributed by atoms with E-state index in [1.54, 1.807) is 19.9 Å². The molecule has 0 fully saturated rings. The number of anilines is 1. The Morgan fingerprint density at radius 2 is 2.04 bits per heavy atom. The number of aromatic nitrogens is 2. The second-order valence-corrected chi connectivity index (χ2v) is 5.19. The Morgan fingerprint density at radius 1 is 1.35 bits per heavy atom. The summed E-state index contributed by atoms with van der Waals surface area (Å²) in [4.78, 5) is 17.1. The van der Waals surface area contributed by atoms with Gasteiger partial charge in [-0.3, -0.25) is 9.69 Å². The van der Waals surface area contributed by atoms with Gasteiger partial charge in [-0.15, -0.1) is 0 Å². The molecule has 2 aromatic rings. The lowest BCUT2D eigenvalue weighted by Gasteiger charge is -2.26. The minimum Gasteiger partial charge on any atom is -0.361 e. The van der Waals surface area contributed by atoms with Crippen LogP contribution in [-0.4, -0.2) is 28.8 Å². The summed E-state index contributed by atoms with van der Waals surface area (Å²) in [5.41, 5.74) is 0.981. The first-order valence-electron chi connectivity index (χ1n) is 6.92. The Kier molecular flexibility index (Phi) is 4.72. The van der Waals surface area contributed by atoms with Gasteiger partial charge in [-0.25, -0.2) is 4.98 Å². The van der Waals surface area contributed by atoms with Crippen LogP contribution in [0.2, 0.25) is 0 Å². The van der Waals surface area contributed by atoms with Crippen molar-refractivity contribution in [1.29, 1.82) is 0 Å². The van der Waals surface area contributed by atoms with Gasteiger partial charge in [0, 0.05) is 11.8 Å². The minimum absolute atomic E-state index is 0.0477. The first-order chi connectivity index (χ1) is 10.7. The molecule has 1 atom stereocenters. The lowest BCUT2D eigenvalue weighted by molar-refractivity contribution is -0.133. The summed E-state index contributed by atoms with van der Waals surface area (Å²) in [6, 6.07) is 4.46. The van der Waals surface area contributed by atoms with E-state index in [1.165, 1.54) is 25.3 Å². The van der Waals surface area contributed by atoms with E-state index in [-0.39, 0.29) is 5.82 Å². The Morgan fingerprint density at radius 3 is 2.52 bits per heavy atom. The van der Waals surface area contributed by atoms with Crippen LogP contribution in [0.4, 0.5) is 19.0 Å². The molecule has 0 spiro atoms. The average Bonchev–Trinajstić information content (AvgIpc) is 2.82. The summed E-state index contributed by atoms with van der Waals surface area (Å²) in [7, 11) is 0. The number of rotatable bonds is 4. The number of nitrogens with zero attached hydrogens (tertiary/aromatic N) is 3. The summed E-state index contributed by atoms with van der Waals surface area (Å²) in [5, 5.41) is 3.74. The molecule has 0 radical (unpaired) electrons. The molecule has 0 saturated carbocycles. The molecule has 0 saturated heterocycles. The molecule has 0 aliphatic carbocycles. The fraction of sp³-hybridized carbons (Fsp3) is 0.400. The highest BCUT2D eigenvalue weighted by atomic mass is 19.4. The van der Waals surface area contributed by atoms with Gasteiger partial charge in [0.1, 0.15) is 18.1 Å². The monoisotopic (exact) mass is 327 g/mol. The van der Waals surface area contributed by atoms with Gasteiger partial charge in [-0.05, 0) is 32.9 Å². The van der Waals surface area contributed by atoms with Crippen molar-refractivity contribution in [3.8, 4) is 0 Å². The van der Waals surface area contributed by atoms with Gasteiger partial charge in [0.05, 0.1) is 11.6 Å². The van der Waals surface area contributed by atoms with E-state index >= 15 is 0 Å². The maximum atomic E-state index is 12.9. The van der Waals surface area contributed by atoms with E-state index in [2.05, 4.69) is 10.1 Å². The molecule has 0 bridgehead atoms. The molecule has 5 nitrogen and oxygen atoms in total. The molecule has 124 valence electrons. The number of hydrogen-bond acceptors (Lipinski definition) is 4. The molecule has 1 unspecified atom stereocenters. The molecule has 1 amide bonds. The van der Waals surface area contributed by atoms with Crippen LogP contribution in [0.1, 0.15) is 29.9 Å². The quantitative estimate of drug-likeness (QED) is 0.864. The van der Waals surface area contributed by atoms with E-state index in [0.29, 0.717) is 21.9 Å². The largest absolute Gasteiger partial charge is 0.406 e. The SMILES string of the molecule is Cc1noc(C)c1C(C)C(=O)N(CC(F)(F)F)c1ccccn1. The summed E-state index contributed by atoms with van der Waals surface area (Å²) in [6.45, 7) is 3.39. The van der Waals surface area contributed by atoms with Gasteiger partial charge in [0.2, 0.25) is 5.91 Å². The number of halogens is 3. The maximum Gasteiger partial charge on any atom is 0.406 e. The molecular weight excluding hydrogens is 311 g/mol. The summed E-state index contributed by atoms with van der Waals surface area (Å²) >= 11 is 0. The fourth-order valence-corrected chi connectivity index (χ4v) is 2.43. The van der Waals surface area contributed by atoms with Gasteiger partial charge >= 0.3 is 6.18 Å². The minimum atomic E-state index is -4.54. The lowest BCUT2D eigenvalue weighted by atomic mass is 9.98. The van der Waals surface area contributed by atoms with Gasteiger partial charge in [-0.2, -0.15) is 13.2 Å². The third-order valence-corrected chi connectivity index (χ3v) is 3.42. The van der Waals surface area contributed by atoms with Crippen LogP contribution in [0.5, 0.6) is 0 Å². The van der Waals surface area contributed by atoms with E-state index in [9.17, 15) is 18.0 Å². The second kappa shape index (κ2) is 6.39. The zero-order valence-electron chi connectivity index (χ0n) is 12.9. The number of pyridine rings is 1. The van der Waals surface area contributed by atoms with E-state index < -0.39 is 24.5 Å². The summed E-state index contributed by atoms with van der Waals surface area (Å²) in [6.07, 6.45) is -3.20. The van der Waals surface area contributed by atoms with Crippen LogP contribution in [0.3, 0.4) is 0 Å². The molecule has 2 aromatic heterocycles. The normalized spacial score (nSPS) is 13.0. The van der Waals surface area contributed by atoms with Crippen LogP contribution in [0.15, 0.2) is 28.9 Å². The van der Waals surface area contributed by atoms with Crippen molar-refractivity contribution in [2.75, 3.05) is 11.4 Å². The highest BCUT2D eigenvalue weighted by Gasteiger charge is 2.37. The molecule has 8 heteroatoms. The van der Waals surface area contributed by atoms with E-state index in [0.717, 1.165) is 0 Å². The van der Waals surface area contributed by atoms with Gasteiger partial charge in [0.25, 0.3) is 0 Å². The highest BCUT2D eigenvalue weighted by molar-refractivity contribution is 5.97. The zero-order chi connectivity index (χ0) is 17.2. The predicted octanol–water partition coefficient (Wildman–Crippen LogP) is 3.39. The zero-order valence-corrected chi connectivity index (χ0v) is 12.9. The average molecular weight is 327 g/mol. The Labute approximate surface area is 131 Å². The van der Waals surface area contributed by atoms with Crippen molar-refractivity contribution in [3.63, 3.8) is 0 Å². The first-order valence-corrected chi connectivity index (χ1v) is 6.92. The molecule has 0 aromatic carbocycles. The molecule has 0 aliphatic rings. The highest BCUT2D eigenvalue weighted by Crippen LogP contribution is 2.28. The number of carbonyl (C=O) groups excluding carboxylic acids is 1. The third-order valence-electron chi connectivity index (χ3n) is 3.42. The Hall–Kier alpha value is -2.38. The fourth-order valence-electron chi connectivity index (χ4n) is 2.43. The Bertz CT molecular complexity index is 664. The van der Waals surface area contributed by atoms with Crippen molar-refractivity contribution in [3.05, 3.63) is 41.4 Å². The predicted molar refractivity (Wildman–Crippen MR) is 77.0 cm³/mol. The standard InChI is InChI=1S/C15H16F3N3O2/c1-9(13-10(2)20-23-11(13)3)14(22)21(8-15(16,17)18)12-6-4-5-7-19-12/h4-7,9H,8H2,1-3H3. The topological polar surface area (TPSA) is 59.2 Å². The van der Waals surface area contributed by atoms with Crippen molar-refractivity contribution < 1.29 is 22.5 Å². The van der Waals surface area contributed by atoms with Crippen LogP contribution in [0.25, 0.3) is 0 Å². The number of alkyl halides is 3. The van der Waals surface area contributed by atoms with Gasteiger partial charge in [-0.1, -0.05) is 11.2 Å². The first kappa shape index (κ1) is 17.0. The van der Waals surface area contributed by atoms with Crippen molar-refractivity contribution in [1.82, 2.24) is 10.1 Å². The van der Waals surface area contributed by atoms with Crippen LogP contribution in [-0.2, 0) is 4.79 Å². The van der Waals surface area contributed by atoms with Crippen molar-refractivity contribution >= 4 is 11.7 Å². The smallest absolute Gasteiger partial charge is 0.361 e. The van der Waals surface area contributed by atoms with Crippen LogP contribution >= 0.6 is 0 Å². The van der Waals surface area contributed by atoms with Crippen LogP contribution in [0, 0.1) is 13.8 Å². The van der Waals surface area contributed by atoms with E-state index in [1.807, 2.05) is 0 Å². The van der Waals surface area contributed by atoms with Crippen LogP contribution < -0.4 is 4.90 Å². The number of aryl methyl sites for hydroxylation is 2. The summed E-state index contributed by atoms with van der Waals surface area (Å²) < 4.78 is 43.6. The lowest BCUT2D eigenvalue weighted by Crippen LogP contribution is -2.41. The Balaban J connectivity index is 2.37. The molecule has 0 aliphatic heterocycles. The van der Waals surface area contributed by atoms with Gasteiger partial charge < -0.3 is 4.52 Å². The van der Waals surface area contributed by atoms with Gasteiger partial charge in [0.15, 0.2) is 0 Å². The maximum absolute atomic E-state index is 12.9. The third kappa shape index (κ3) is 3.88. The number of carbonyl (C=O) groups is 1. The molecular formula is C15H16F3N3O2.